The average molecular weight is 630 g/mol. The number of carboxylic acid groups (broad SMARTS) is 1. The number of hydrogen-bond donors (Lipinski definition) is 4. The number of rotatable bonds is 10. The number of aromatic amines is 1. The molecule has 44 heavy (non-hydrogen) atoms. The lowest BCUT2D eigenvalue weighted by Crippen LogP contribution is -2.50. The van der Waals surface area contributed by atoms with Gasteiger partial charge < -0.3 is 29.8 Å². The van der Waals surface area contributed by atoms with Crippen molar-refractivity contribution in [1.82, 2.24) is 19.9 Å². The van der Waals surface area contributed by atoms with Gasteiger partial charge in [0, 0.05) is 42.3 Å². The summed E-state index contributed by atoms with van der Waals surface area (Å²) in [6, 6.07) is 2.44. The van der Waals surface area contributed by atoms with Gasteiger partial charge in [0.25, 0.3) is 5.91 Å². The molecule has 0 bridgehead atoms. The molecule has 0 aliphatic rings. The molecule has 2 aromatic heterocycles. The number of carbonyl (C=O) groups excluding carboxylic acids is 1. The maximum atomic E-state index is 15.5. The van der Waals surface area contributed by atoms with Crippen molar-refractivity contribution in [3.05, 3.63) is 85.5 Å². The van der Waals surface area contributed by atoms with E-state index in [-0.39, 0.29) is 23.3 Å². The number of carboxylic acids is 1. The molecule has 0 aliphatic heterocycles. The zero-order valence-electron chi connectivity index (χ0n) is 24.8. The Bertz CT molecular complexity index is 1850. The Morgan fingerprint density at radius 3 is 2.34 bits per heavy atom. The van der Waals surface area contributed by atoms with E-state index in [1.807, 2.05) is 0 Å². The fraction of sp³-hybridized carbons (Fsp3) is 0.310. The summed E-state index contributed by atoms with van der Waals surface area (Å²) in [5.41, 5.74) is 1.35. The number of benzene rings is 2. The highest BCUT2D eigenvalue weighted by molar-refractivity contribution is 7.80. The van der Waals surface area contributed by atoms with Crippen LogP contribution in [0.4, 0.5) is 20.4 Å². The predicted octanol–water partition coefficient (Wildman–Crippen LogP) is 3.18. The van der Waals surface area contributed by atoms with E-state index in [1.54, 1.807) is 46.8 Å². The van der Waals surface area contributed by atoms with Crippen LogP contribution in [0.3, 0.4) is 0 Å². The van der Waals surface area contributed by atoms with E-state index in [1.165, 1.54) is 7.05 Å². The lowest BCUT2D eigenvalue weighted by atomic mass is 10.0. The molecule has 4 rings (SSSR count). The fourth-order valence-corrected chi connectivity index (χ4v) is 5.97. The Morgan fingerprint density at radius 1 is 1.16 bits per heavy atom. The molecule has 0 saturated heterocycles. The highest BCUT2D eigenvalue weighted by atomic mass is 32.2. The van der Waals surface area contributed by atoms with Crippen LogP contribution >= 0.6 is 0 Å². The van der Waals surface area contributed by atoms with Crippen LogP contribution in [0.5, 0.6) is 0 Å². The second-order valence-electron chi connectivity index (χ2n) is 10.5. The van der Waals surface area contributed by atoms with Gasteiger partial charge in [0.1, 0.15) is 11.4 Å². The quantitative estimate of drug-likeness (QED) is 0.194. The van der Waals surface area contributed by atoms with E-state index in [9.17, 15) is 28.3 Å². The molecule has 4 N–H and O–H groups in total. The molecule has 0 radical (unpaired) electrons. The number of imidazole rings is 1. The minimum absolute atomic E-state index is 0.140. The van der Waals surface area contributed by atoms with E-state index < -0.39 is 63.7 Å². The van der Waals surface area contributed by atoms with Crippen molar-refractivity contribution in [1.29, 1.82) is 0 Å². The molecular formula is C29H31F2N6O6S-. The second-order valence-corrected chi connectivity index (χ2v) is 11.4. The summed E-state index contributed by atoms with van der Waals surface area (Å²) in [6.45, 7) is 7.63. The van der Waals surface area contributed by atoms with Crippen molar-refractivity contribution in [2.45, 2.75) is 47.2 Å². The Hall–Kier alpha value is -4.63. The highest BCUT2D eigenvalue weighted by Crippen LogP contribution is 2.29. The molecule has 0 saturated carbocycles. The van der Waals surface area contributed by atoms with Gasteiger partial charge in [0.15, 0.2) is 11.9 Å². The summed E-state index contributed by atoms with van der Waals surface area (Å²) in [5.74, 6) is -4.33. The largest absolute Gasteiger partial charge is 0.755 e. The number of anilines is 2. The zero-order valence-corrected chi connectivity index (χ0v) is 25.6. The zero-order chi connectivity index (χ0) is 32.6. The minimum atomic E-state index is -3.05. The summed E-state index contributed by atoms with van der Waals surface area (Å²) < 4.78 is 56.9. The minimum Gasteiger partial charge on any atom is -0.755 e. The Morgan fingerprint density at radius 2 is 1.80 bits per heavy atom. The number of nitrogens with zero attached hydrogens (tertiary/aromatic N) is 3. The number of nitrogens with one attached hydrogen (secondary N) is 3. The van der Waals surface area contributed by atoms with Gasteiger partial charge in [-0.15, -0.1) is 0 Å². The van der Waals surface area contributed by atoms with Gasteiger partial charge in [0.2, 0.25) is 11.4 Å². The van der Waals surface area contributed by atoms with Crippen LogP contribution in [0, 0.1) is 46.3 Å². The Kier molecular flexibility index (Phi) is 9.20. The van der Waals surface area contributed by atoms with Crippen LogP contribution in [0.1, 0.15) is 44.0 Å². The van der Waals surface area contributed by atoms with Crippen LogP contribution in [0.25, 0.3) is 10.9 Å². The molecule has 12 nitrogen and oxygen atoms in total. The average Bonchev–Trinajstić information content (AvgIpc) is 3.24. The van der Waals surface area contributed by atoms with E-state index in [0.29, 0.717) is 27.1 Å². The number of aliphatic carboxylic acids is 1. The summed E-state index contributed by atoms with van der Waals surface area (Å²) in [5, 5.41) is 14.6. The monoisotopic (exact) mass is 629 g/mol. The Balaban J connectivity index is 1.64. The van der Waals surface area contributed by atoms with E-state index in [4.69, 9.17) is 0 Å². The van der Waals surface area contributed by atoms with Crippen LogP contribution < -0.4 is 20.4 Å². The number of hydrogen-bond acceptors (Lipinski definition) is 7. The van der Waals surface area contributed by atoms with Crippen molar-refractivity contribution in [3.63, 3.8) is 0 Å². The number of amides is 1. The van der Waals surface area contributed by atoms with Crippen molar-refractivity contribution < 1.29 is 32.2 Å². The highest BCUT2D eigenvalue weighted by Gasteiger charge is 2.31. The summed E-state index contributed by atoms with van der Waals surface area (Å²) >= 11 is -3.05. The van der Waals surface area contributed by atoms with Gasteiger partial charge in [0.05, 0.1) is 28.8 Å². The molecule has 15 heteroatoms. The van der Waals surface area contributed by atoms with Gasteiger partial charge in [-0.05, 0) is 51.8 Å². The third-order valence-corrected chi connectivity index (χ3v) is 8.06. The smallest absolute Gasteiger partial charge is 0.329 e. The van der Waals surface area contributed by atoms with Gasteiger partial charge in [-0.1, -0.05) is 17.7 Å². The third kappa shape index (κ3) is 6.19. The van der Waals surface area contributed by atoms with Crippen molar-refractivity contribution in [2.24, 2.45) is 7.05 Å². The number of H-pyrrole nitrogens is 1. The molecule has 0 spiro atoms. The lowest BCUT2D eigenvalue weighted by Gasteiger charge is -2.34. The summed E-state index contributed by atoms with van der Waals surface area (Å²) in [6.07, 6.45) is 1.05. The van der Waals surface area contributed by atoms with Crippen LogP contribution in [0.15, 0.2) is 29.2 Å². The van der Waals surface area contributed by atoms with Gasteiger partial charge in [-0.25, -0.2) is 18.6 Å². The summed E-state index contributed by atoms with van der Waals surface area (Å²) in [7, 11) is 1.36. The van der Waals surface area contributed by atoms with Crippen LogP contribution in [-0.2, 0) is 29.7 Å². The van der Waals surface area contributed by atoms with Crippen LogP contribution in [-0.4, -0.2) is 52.9 Å². The summed E-state index contributed by atoms with van der Waals surface area (Å²) in [4.78, 5) is 45.7. The number of carbonyl (C=O) groups is 2. The molecule has 2 heterocycles. The second kappa shape index (κ2) is 12.5. The number of pyridine rings is 1. The van der Waals surface area contributed by atoms with Gasteiger partial charge in [-0.2, -0.15) is 0 Å². The maximum Gasteiger partial charge on any atom is 0.329 e. The van der Waals surface area contributed by atoms with Crippen molar-refractivity contribution in [3.8, 4) is 0 Å². The number of aromatic nitrogens is 3. The number of fused-ring (bicyclic) bond motifs is 1. The molecule has 0 fully saturated rings. The molecule has 1 amide bonds. The van der Waals surface area contributed by atoms with Gasteiger partial charge >= 0.3 is 5.97 Å². The first-order chi connectivity index (χ1) is 20.6. The lowest BCUT2D eigenvalue weighted by molar-refractivity contribution is -0.138. The molecule has 2 atom stereocenters. The molecule has 0 aliphatic carbocycles. The normalized spacial score (nSPS) is 12.7. The first-order valence-corrected chi connectivity index (χ1v) is 14.4. The fourth-order valence-electron chi connectivity index (χ4n) is 5.16. The first-order valence-electron chi connectivity index (χ1n) is 13.4. The topological polar surface area (TPSA) is 172 Å². The van der Waals surface area contributed by atoms with E-state index in [0.717, 1.165) is 28.1 Å². The third-order valence-electron chi connectivity index (χ3n) is 7.30. The van der Waals surface area contributed by atoms with E-state index >= 15 is 8.78 Å². The molecule has 2 unspecified atom stereocenters. The predicted molar refractivity (Wildman–Crippen MR) is 160 cm³/mol. The molecular weight excluding hydrogens is 598 g/mol. The van der Waals surface area contributed by atoms with Gasteiger partial charge in [-0.3, -0.25) is 18.1 Å². The molecule has 4 aromatic rings. The maximum absolute atomic E-state index is 15.5. The van der Waals surface area contributed by atoms with Crippen LogP contribution in [0.2, 0.25) is 0 Å². The van der Waals surface area contributed by atoms with E-state index in [2.05, 4.69) is 20.6 Å². The first kappa shape index (κ1) is 32.3. The van der Waals surface area contributed by atoms with Crippen molar-refractivity contribution >= 4 is 45.7 Å². The number of aryl methyl sites for hydroxylation is 6. The number of halogens is 2. The SMILES string of the molecule is Cc1cc(C)c(N(C(CNC(=O)c2cn(C)c3c(F)c(CNc4nc(C)c(C)[nH]4)c(F)cc3c2=O)C(=O)O)S(=O)[O-])c(C)c1. The van der Waals surface area contributed by atoms with Crippen molar-refractivity contribution in [2.75, 3.05) is 16.2 Å². The molecule has 234 valence electrons. The molecule has 2 aromatic carbocycles. The Labute approximate surface area is 253 Å². The standard InChI is InChI=1S/C29H32F2N6O6S/c1-13-7-14(2)24(15(3)8-13)37(44(42)43)22(28(40)41)11-32-27(39)20-12-36(6)25-18(26(20)38)9-21(30)19(23(25)31)10-33-29-34-16(4)17(5)35-29/h7-9,12,22H,10-11H2,1-6H3,(H,32,39)(H,40,41)(H,42,43)(H2,33,34,35)/p-1.